The highest BCUT2D eigenvalue weighted by atomic mass is 31.2. The third kappa shape index (κ3) is 12.3. The van der Waals surface area contributed by atoms with Crippen molar-refractivity contribution in [2.24, 2.45) is 35.5 Å². The van der Waals surface area contributed by atoms with E-state index in [0.29, 0.717) is 38.9 Å². The molecule has 107 heavy (non-hydrogen) atoms. The number of carbonyl (C=O) groups is 6. The molecule has 23 heteroatoms. The molecule has 0 aliphatic carbocycles. The monoisotopic (exact) mass is 1500 g/mol. The second-order valence-corrected chi connectivity index (χ2v) is 36.4. The highest BCUT2D eigenvalue weighted by Crippen LogP contribution is 2.59. The second-order valence-electron chi connectivity index (χ2n) is 34.9. The average molecular weight is 1500 g/mol. The van der Waals surface area contributed by atoms with Crippen LogP contribution in [-0.4, -0.2) is 255 Å². The number of methoxy groups -OCH3 is 6. The van der Waals surface area contributed by atoms with Crippen LogP contribution in [0.5, 0.6) is 17.2 Å². The van der Waals surface area contributed by atoms with Gasteiger partial charge in [-0.25, -0.2) is 0 Å². The van der Waals surface area contributed by atoms with Crippen LogP contribution in [0.3, 0.4) is 0 Å². The number of ether oxygens (including phenoxy) is 6. The zero-order valence-corrected chi connectivity index (χ0v) is 66.2. The lowest BCUT2D eigenvalue weighted by Crippen LogP contribution is -2.75. The molecule has 3 aromatic rings. The molecule has 12 bridgehead atoms. The van der Waals surface area contributed by atoms with Crippen molar-refractivity contribution in [2.75, 3.05) is 122 Å². The number of hydrogen-bond donors (Lipinski definition) is 0. The highest BCUT2D eigenvalue weighted by molar-refractivity contribution is 7.49. The minimum atomic E-state index is -4.90. The number of ketones is 6. The predicted octanol–water partition coefficient (Wildman–Crippen LogP) is 10.2. The first kappa shape index (κ1) is 77.2. The Morgan fingerprint density at radius 3 is 0.729 bits per heavy atom. The molecule has 0 N–H and O–H groups in total. The fraction of sp³-hybridized carbons (Fsp3) is 0.714. The number of phosphoric acid groups is 1. The van der Waals surface area contributed by atoms with Gasteiger partial charge in [0.2, 0.25) is 0 Å². The van der Waals surface area contributed by atoms with Crippen LogP contribution in [0, 0.1) is 35.5 Å². The molecule has 0 radical (unpaired) electrons. The van der Waals surface area contributed by atoms with Gasteiger partial charge in [-0.3, -0.25) is 58.2 Å². The van der Waals surface area contributed by atoms with Gasteiger partial charge < -0.3 is 42.0 Å². The maximum Gasteiger partial charge on any atom is 0.647 e. The Morgan fingerprint density at radius 1 is 0.318 bits per heavy atom. The van der Waals surface area contributed by atoms with E-state index < -0.39 is 58.8 Å². The summed E-state index contributed by atoms with van der Waals surface area (Å²) >= 11 is 0. The molecule has 27 atom stereocenters. The summed E-state index contributed by atoms with van der Waals surface area (Å²) < 4.78 is 73.6. The standard InChI is InChI=1S/C84H117N6O16P/c1-52-37-61-25-31-85(52)79(46-98-7,73(61)91)43-70(82(49-101-10)76(94)64-28-34-88(82)55(4)40-64)58-13-19-67(20-14-58)104-107(97,105-68-21-15-59(16-22-68)71(83(50-102-11)77(95)65-29-35-89(83)56(5)41-65)44-80(47-99-8)74(92)62-26-32-86(80)53(2)38-62)106-69-23-17-60(18-24-69)72(84(51-103-12)78(96)66-30-36-90(84)57(6)42-66)45-81(48-100-9)75(93)63-27-33-87(81)54(3)39-63/h13-24,52-57,61-66,70-72H,25-51H2,1-12H3/t52?,53?,54?,55-,56-,57-,61?,62?,63?,64?,65?,66?,70?,71?,72?,79?,80?,81?,82-,83-,84-,107?/m1/s1. The summed E-state index contributed by atoms with van der Waals surface area (Å²) in [5.74, 6) is -1.45. The molecule has 0 saturated carbocycles. The van der Waals surface area contributed by atoms with Crippen LogP contribution >= 0.6 is 7.82 Å². The Hall–Kier alpha value is -5.17. The number of fused-ring (bicyclic) bond motifs is 18. The summed E-state index contributed by atoms with van der Waals surface area (Å²) in [4.78, 5) is 106. The highest BCUT2D eigenvalue weighted by Gasteiger charge is 2.68. The van der Waals surface area contributed by atoms with E-state index in [0.717, 1.165) is 113 Å². The molecule has 18 aliphatic rings. The van der Waals surface area contributed by atoms with Crippen LogP contribution in [0.1, 0.15) is 172 Å². The van der Waals surface area contributed by atoms with Gasteiger partial charge in [0, 0.05) is 171 Å². The van der Waals surface area contributed by atoms with Crippen LogP contribution in [0.4, 0.5) is 0 Å². The zero-order chi connectivity index (χ0) is 75.5. The summed E-state index contributed by atoms with van der Waals surface area (Å²) in [6, 6.07) is 22.3. The van der Waals surface area contributed by atoms with E-state index in [9.17, 15) is 0 Å². The van der Waals surface area contributed by atoms with E-state index in [4.69, 9.17) is 42.0 Å². The Balaban J connectivity index is 0.828. The van der Waals surface area contributed by atoms with E-state index in [1.807, 2.05) is 36.4 Å². The molecule has 0 aromatic heterocycles. The average Bonchev–Trinajstić information content (AvgIpc) is 0.711. The Morgan fingerprint density at radius 2 is 0.523 bits per heavy atom. The van der Waals surface area contributed by atoms with Gasteiger partial charge in [0.1, 0.15) is 50.5 Å². The van der Waals surface area contributed by atoms with Gasteiger partial charge in [-0.2, -0.15) is 4.57 Å². The van der Waals surface area contributed by atoms with Gasteiger partial charge in [-0.05, 0) is 191 Å². The minimum Gasteiger partial charge on any atom is -0.386 e. The van der Waals surface area contributed by atoms with Gasteiger partial charge in [0.05, 0.1) is 39.6 Å². The topological polar surface area (TPSA) is 222 Å². The van der Waals surface area contributed by atoms with E-state index in [2.05, 4.69) is 70.9 Å². The van der Waals surface area contributed by atoms with Gasteiger partial charge in [-0.1, -0.05) is 36.4 Å². The van der Waals surface area contributed by atoms with Crippen LogP contribution < -0.4 is 13.6 Å². The van der Waals surface area contributed by atoms with Gasteiger partial charge in [0.15, 0.2) is 34.7 Å². The second kappa shape index (κ2) is 29.7. The van der Waals surface area contributed by atoms with Crippen molar-refractivity contribution in [2.45, 2.75) is 225 Å². The molecule has 18 saturated heterocycles. The molecule has 18 aliphatic heterocycles. The predicted molar refractivity (Wildman–Crippen MR) is 402 cm³/mol. The number of benzene rings is 3. The van der Waals surface area contributed by atoms with Crippen molar-refractivity contribution < 1.29 is 75.3 Å². The van der Waals surface area contributed by atoms with Gasteiger partial charge in [-0.15, -0.1) is 0 Å². The Kier molecular flexibility index (Phi) is 21.4. The fourth-order valence-electron chi connectivity index (χ4n) is 25.2. The maximum atomic E-state index is 16.5. The zero-order valence-electron chi connectivity index (χ0n) is 65.3. The molecule has 18 fully saturated rings. The number of rotatable bonds is 30. The lowest BCUT2D eigenvalue weighted by atomic mass is 9.59. The molecular weight excluding hydrogens is 1380 g/mol. The van der Waals surface area contributed by atoms with E-state index in [1.54, 1.807) is 79.1 Å². The van der Waals surface area contributed by atoms with Gasteiger partial charge >= 0.3 is 7.82 Å². The van der Waals surface area contributed by atoms with Crippen molar-refractivity contribution in [1.29, 1.82) is 0 Å². The SMILES string of the molecule is COCC1(CC(c2ccc(OP(=O)(Oc3ccc(C(CC4(COC)C(=O)C5CCN4C(C)C5)[C@]4(COC)C(=O)C5CCN4[C@H](C)C5)cc3)Oc3ccc(C(CC4(COC)C(=O)C5CCN4C(C)C5)[C@]4(COC)C(=O)C5CCN4[C@H](C)C5)cc3)cc2)[C@]2(COC)C(=O)C3CCN2[C@H](C)C3)C(=O)C2CCN1C(C)C2. The molecule has 22 nitrogen and oxygen atoms in total. The largest absolute Gasteiger partial charge is 0.647 e. The number of piperidine rings is 18. The third-order valence-electron chi connectivity index (χ3n) is 29.4. The van der Waals surface area contributed by atoms with Crippen molar-refractivity contribution in [3.8, 4) is 17.2 Å². The molecule has 21 rings (SSSR count). The summed E-state index contributed by atoms with van der Waals surface area (Å²) in [5, 5.41) is 0. The molecule has 0 amide bonds. The first-order valence-electron chi connectivity index (χ1n) is 40.2. The van der Waals surface area contributed by atoms with Crippen LogP contribution in [0.15, 0.2) is 72.8 Å². The van der Waals surface area contributed by atoms with Crippen LogP contribution in [0.2, 0.25) is 0 Å². The number of carbonyl (C=O) groups excluding carboxylic acids is 6. The molecule has 3 aromatic carbocycles. The molecule has 584 valence electrons. The van der Waals surface area contributed by atoms with Crippen molar-refractivity contribution in [1.82, 2.24) is 29.4 Å². The normalized spacial score (nSPS) is 41.7. The van der Waals surface area contributed by atoms with E-state index in [-0.39, 0.29) is 163 Å². The number of phosphoric ester groups is 1. The first-order valence-corrected chi connectivity index (χ1v) is 41.6. The fourth-order valence-corrected chi connectivity index (χ4v) is 26.4. The van der Waals surface area contributed by atoms with Crippen LogP contribution in [0.25, 0.3) is 0 Å². The summed E-state index contributed by atoms with van der Waals surface area (Å²) in [5.41, 5.74) is -4.16. The smallest absolute Gasteiger partial charge is 0.386 e. The molecule has 21 unspecified atom stereocenters. The number of hydrogen-bond acceptors (Lipinski definition) is 22. The molecule has 0 spiro atoms. The number of Topliss-reactive ketones (excluding diaryl/α,β-unsaturated/α-hetero) is 6. The Labute approximate surface area is 633 Å². The third-order valence-corrected chi connectivity index (χ3v) is 30.7. The van der Waals surface area contributed by atoms with Gasteiger partial charge in [0.25, 0.3) is 0 Å². The number of nitrogens with zero attached hydrogens (tertiary/aromatic N) is 6. The summed E-state index contributed by atoms with van der Waals surface area (Å²) in [6.07, 6.45) is 9.94. The molecule has 18 heterocycles. The maximum absolute atomic E-state index is 16.5. The quantitative estimate of drug-likeness (QED) is 0.0566. The van der Waals surface area contributed by atoms with Crippen molar-refractivity contribution in [3.63, 3.8) is 0 Å². The van der Waals surface area contributed by atoms with E-state index >= 15 is 33.3 Å². The van der Waals surface area contributed by atoms with Crippen molar-refractivity contribution in [3.05, 3.63) is 89.5 Å². The van der Waals surface area contributed by atoms with Crippen LogP contribution in [-0.2, 0) is 61.8 Å². The molecular formula is C84H117N6O16P. The lowest BCUT2D eigenvalue weighted by Gasteiger charge is -2.62. The minimum absolute atomic E-state index is 0.0640. The lowest BCUT2D eigenvalue weighted by molar-refractivity contribution is -0.173. The Bertz CT molecular complexity index is 3500. The summed E-state index contributed by atoms with van der Waals surface area (Å²) in [6.45, 7) is 18.2. The first-order chi connectivity index (χ1) is 51.4. The van der Waals surface area contributed by atoms with Crippen molar-refractivity contribution >= 4 is 42.5 Å². The van der Waals surface area contributed by atoms with E-state index in [1.165, 1.54) is 0 Å². The summed E-state index contributed by atoms with van der Waals surface area (Å²) in [7, 11) is 4.97.